The first-order chi connectivity index (χ1) is 16.3. The number of Topliss-reactive ketones (excluding diaryl/α,β-unsaturated/α-hetero) is 1. The SMILES string of the molecule is CC(=CCC(=O)C(O)[C@H](O)[C@@H](O)[C@H](O)[C@H](O)C(=O)O)CCCC(C)CCCC(C)CCCC(C)C. The van der Waals surface area contributed by atoms with Gasteiger partial charge < -0.3 is 30.6 Å². The summed E-state index contributed by atoms with van der Waals surface area (Å²) in [5.41, 5.74) is 0.980. The fourth-order valence-corrected chi connectivity index (χ4v) is 4.12. The highest BCUT2D eigenvalue weighted by atomic mass is 16.4. The van der Waals surface area contributed by atoms with Gasteiger partial charge in [0, 0.05) is 6.42 Å². The van der Waals surface area contributed by atoms with Crippen molar-refractivity contribution in [3.8, 4) is 0 Å². The summed E-state index contributed by atoms with van der Waals surface area (Å²) in [5.74, 6) is -0.378. The molecule has 7 atom stereocenters. The number of allylic oxidation sites excluding steroid dienone is 2. The smallest absolute Gasteiger partial charge is 0.335 e. The van der Waals surface area contributed by atoms with Gasteiger partial charge in [0.15, 0.2) is 11.9 Å². The third kappa shape index (κ3) is 14.7. The number of aliphatic hydroxyl groups excluding tert-OH is 5. The number of carboxylic acids is 1. The van der Waals surface area contributed by atoms with E-state index in [-0.39, 0.29) is 6.42 Å². The standard InChI is InChI=1S/C27H50O8/c1-17(2)9-6-10-18(3)11-7-12-19(4)13-8-14-20(5)15-16-21(28)22(29)23(30)24(31)25(32)26(33)27(34)35/h15,17-19,22-26,29-33H,6-14,16H2,1-5H3,(H,34,35)/t18?,19?,22?,23-,24+,25-,26-/m0/s1. The van der Waals surface area contributed by atoms with Crippen LogP contribution >= 0.6 is 0 Å². The predicted molar refractivity (Wildman–Crippen MR) is 136 cm³/mol. The largest absolute Gasteiger partial charge is 0.479 e. The minimum absolute atomic E-state index is 0.168. The van der Waals surface area contributed by atoms with Gasteiger partial charge in [-0.25, -0.2) is 4.79 Å². The van der Waals surface area contributed by atoms with E-state index >= 15 is 0 Å². The van der Waals surface area contributed by atoms with Gasteiger partial charge in [0.05, 0.1) is 0 Å². The quantitative estimate of drug-likeness (QED) is 0.139. The van der Waals surface area contributed by atoms with Crippen LogP contribution in [0.1, 0.15) is 98.8 Å². The summed E-state index contributed by atoms with van der Waals surface area (Å²) in [5, 5.41) is 57.1. The van der Waals surface area contributed by atoms with Crippen molar-refractivity contribution >= 4 is 11.8 Å². The maximum absolute atomic E-state index is 12.1. The maximum Gasteiger partial charge on any atom is 0.335 e. The monoisotopic (exact) mass is 502 g/mol. The second-order valence-corrected chi connectivity index (χ2v) is 10.8. The Bertz CT molecular complexity index is 633. The highest BCUT2D eigenvalue weighted by Gasteiger charge is 2.39. The molecule has 0 saturated carbocycles. The van der Waals surface area contributed by atoms with E-state index in [0.717, 1.165) is 36.7 Å². The molecule has 3 unspecified atom stereocenters. The highest BCUT2D eigenvalue weighted by molar-refractivity contribution is 5.84. The topological polar surface area (TPSA) is 156 Å². The van der Waals surface area contributed by atoms with Crippen LogP contribution in [0.4, 0.5) is 0 Å². The van der Waals surface area contributed by atoms with Crippen LogP contribution in [0, 0.1) is 17.8 Å². The van der Waals surface area contributed by atoms with Crippen molar-refractivity contribution in [1.29, 1.82) is 0 Å². The number of aliphatic carboxylic acids is 1. The van der Waals surface area contributed by atoms with Crippen LogP contribution in [0.5, 0.6) is 0 Å². The molecule has 0 aliphatic rings. The summed E-state index contributed by atoms with van der Waals surface area (Å²) in [4.78, 5) is 22.8. The number of carboxylic acid groups (broad SMARTS) is 1. The van der Waals surface area contributed by atoms with E-state index in [1.165, 1.54) is 38.5 Å². The molecule has 0 aromatic carbocycles. The molecule has 0 aliphatic carbocycles. The number of carbonyl (C=O) groups is 2. The van der Waals surface area contributed by atoms with Crippen LogP contribution in [0.2, 0.25) is 0 Å². The Kier molecular flexibility index (Phi) is 17.3. The molecule has 35 heavy (non-hydrogen) atoms. The molecule has 8 nitrogen and oxygen atoms in total. The Labute approximate surface area is 211 Å². The van der Waals surface area contributed by atoms with Crippen molar-refractivity contribution in [3.63, 3.8) is 0 Å². The van der Waals surface area contributed by atoms with E-state index in [2.05, 4.69) is 27.7 Å². The van der Waals surface area contributed by atoms with Gasteiger partial charge in [-0.3, -0.25) is 4.79 Å². The van der Waals surface area contributed by atoms with Gasteiger partial charge in [0.2, 0.25) is 0 Å². The van der Waals surface area contributed by atoms with Gasteiger partial charge in [0.25, 0.3) is 0 Å². The molecular formula is C27H50O8. The Morgan fingerprint density at radius 1 is 0.686 bits per heavy atom. The van der Waals surface area contributed by atoms with Crippen molar-refractivity contribution in [1.82, 2.24) is 0 Å². The first-order valence-electron chi connectivity index (χ1n) is 13.1. The lowest BCUT2D eigenvalue weighted by molar-refractivity contribution is -0.169. The predicted octanol–water partition coefficient (Wildman–Crippen LogP) is 3.22. The lowest BCUT2D eigenvalue weighted by atomic mass is 9.91. The molecule has 0 rings (SSSR count). The maximum atomic E-state index is 12.1. The summed E-state index contributed by atoms with van der Waals surface area (Å²) < 4.78 is 0. The van der Waals surface area contributed by atoms with E-state index in [1.807, 2.05) is 6.92 Å². The zero-order valence-corrected chi connectivity index (χ0v) is 22.3. The Hall–Kier alpha value is -1.32. The molecule has 0 saturated heterocycles. The van der Waals surface area contributed by atoms with Crippen LogP contribution in [0.15, 0.2) is 11.6 Å². The zero-order chi connectivity index (χ0) is 27.1. The van der Waals surface area contributed by atoms with E-state index in [1.54, 1.807) is 6.08 Å². The highest BCUT2D eigenvalue weighted by Crippen LogP contribution is 2.22. The number of ketones is 1. The second-order valence-electron chi connectivity index (χ2n) is 10.8. The number of hydrogen-bond acceptors (Lipinski definition) is 7. The van der Waals surface area contributed by atoms with Gasteiger partial charge in [-0.05, 0) is 37.5 Å². The normalized spacial score (nSPS) is 18.5. The Morgan fingerprint density at radius 3 is 1.63 bits per heavy atom. The van der Waals surface area contributed by atoms with Crippen LogP contribution < -0.4 is 0 Å². The van der Waals surface area contributed by atoms with Crippen LogP contribution in [-0.4, -0.2) is 72.9 Å². The van der Waals surface area contributed by atoms with E-state index in [4.69, 9.17) is 5.11 Å². The minimum Gasteiger partial charge on any atom is -0.479 e. The molecular weight excluding hydrogens is 452 g/mol. The molecule has 0 aromatic heterocycles. The summed E-state index contributed by atoms with van der Waals surface area (Å²) >= 11 is 0. The number of carbonyl (C=O) groups excluding carboxylic acids is 1. The van der Waals surface area contributed by atoms with Crippen molar-refractivity contribution in [2.75, 3.05) is 0 Å². The summed E-state index contributed by atoms with van der Waals surface area (Å²) in [6.45, 7) is 11.0. The third-order valence-electron chi connectivity index (χ3n) is 6.72. The van der Waals surface area contributed by atoms with Crippen molar-refractivity contribution in [3.05, 3.63) is 11.6 Å². The molecule has 6 N–H and O–H groups in total. The molecule has 0 aliphatic heterocycles. The first kappa shape index (κ1) is 33.7. The average molecular weight is 503 g/mol. The summed E-state index contributed by atoms with van der Waals surface area (Å²) in [6.07, 6.45) is 1.11. The number of aliphatic hydroxyl groups is 5. The lowest BCUT2D eigenvalue weighted by Gasteiger charge is -2.27. The van der Waals surface area contributed by atoms with Gasteiger partial charge in [-0.2, -0.15) is 0 Å². The fourth-order valence-electron chi connectivity index (χ4n) is 4.12. The third-order valence-corrected chi connectivity index (χ3v) is 6.72. The average Bonchev–Trinajstić information content (AvgIpc) is 2.79. The van der Waals surface area contributed by atoms with Gasteiger partial charge in [0.1, 0.15) is 24.4 Å². The van der Waals surface area contributed by atoms with Crippen LogP contribution in [0.3, 0.4) is 0 Å². The molecule has 0 fully saturated rings. The van der Waals surface area contributed by atoms with Crippen LogP contribution in [0.25, 0.3) is 0 Å². The Balaban J connectivity index is 4.26. The molecule has 0 spiro atoms. The van der Waals surface area contributed by atoms with E-state index in [9.17, 15) is 35.1 Å². The summed E-state index contributed by atoms with van der Waals surface area (Å²) in [7, 11) is 0. The molecule has 0 amide bonds. The van der Waals surface area contributed by atoms with Crippen molar-refractivity contribution < 1.29 is 40.2 Å². The summed E-state index contributed by atoms with van der Waals surface area (Å²) in [6, 6.07) is 0. The number of hydrogen-bond donors (Lipinski definition) is 6. The lowest BCUT2D eigenvalue weighted by Crippen LogP contribution is -2.52. The zero-order valence-electron chi connectivity index (χ0n) is 22.3. The van der Waals surface area contributed by atoms with Crippen molar-refractivity contribution in [2.45, 2.75) is 129 Å². The molecule has 0 radical (unpaired) electrons. The second kappa shape index (κ2) is 18.0. The molecule has 8 heteroatoms. The molecule has 0 heterocycles. The van der Waals surface area contributed by atoms with E-state index in [0.29, 0.717) is 5.92 Å². The van der Waals surface area contributed by atoms with Gasteiger partial charge >= 0.3 is 5.97 Å². The molecule has 206 valence electrons. The van der Waals surface area contributed by atoms with E-state index < -0.39 is 42.3 Å². The molecule has 0 bridgehead atoms. The first-order valence-corrected chi connectivity index (χ1v) is 13.1. The van der Waals surface area contributed by atoms with Gasteiger partial charge in [-0.1, -0.05) is 84.3 Å². The van der Waals surface area contributed by atoms with Gasteiger partial charge in [-0.15, -0.1) is 0 Å². The fraction of sp³-hybridized carbons (Fsp3) is 0.852. The molecule has 0 aromatic rings. The minimum atomic E-state index is -2.36. The Morgan fingerprint density at radius 2 is 1.14 bits per heavy atom. The number of rotatable bonds is 20. The van der Waals surface area contributed by atoms with Crippen LogP contribution in [-0.2, 0) is 9.59 Å². The van der Waals surface area contributed by atoms with Crippen molar-refractivity contribution in [2.24, 2.45) is 17.8 Å².